The number of halogens is 1. The molecule has 2 aromatic carbocycles. The Morgan fingerprint density at radius 3 is 2.77 bits per heavy atom. The SMILES string of the molecule is CCOc1ccc2c(C(=O)NCCc3ccccc3F)cc(=O)oc2c1. The van der Waals surface area contributed by atoms with Gasteiger partial charge in [-0.25, -0.2) is 9.18 Å². The average Bonchev–Trinajstić information content (AvgIpc) is 2.62. The zero-order valence-electron chi connectivity index (χ0n) is 14.3. The monoisotopic (exact) mass is 355 g/mol. The fraction of sp³-hybridized carbons (Fsp3) is 0.200. The minimum Gasteiger partial charge on any atom is -0.494 e. The van der Waals surface area contributed by atoms with Gasteiger partial charge in [0.2, 0.25) is 0 Å². The first-order valence-corrected chi connectivity index (χ1v) is 8.31. The van der Waals surface area contributed by atoms with Crippen LogP contribution in [0.2, 0.25) is 0 Å². The van der Waals surface area contributed by atoms with Crippen LogP contribution in [0.3, 0.4) is 0 Å². The summed E-state index contributed by atoms with van der Waals surface area (Å²) in [6, 6.07) is 12.5. The smallest absolute Gasteiger partial charge is 0.337 e. The van der Waals surface area contributed by atoms with Gasteiger partial charge in [0.25, 0.3) is 5.91 Å². The van der Waals surface area contributed by atoms with Gasteiger partial charge in [0.05, 0.1) is 12.2 Å². The van der Waals surface area contributed by atoms with Crippen molar-refractivity contribution in [3.05, 3.63) is 75.9 Å². The number of carbonyl (C=O) groups excluding carboxylic acids is 1. The van der Waals surface area contributed by atoms with Crippen LogP contribution in [0.1, 0.15) is 22.8 Å². The molecule has 0 bridgehead atoms. The number of hydrogen-bond donors (Lipinski definition) is 1. The standard InChI is InChI=1S/C20H18FNO4/c1-2-25-14-7-8-15-16(12-19(23)26-18(15)11-14)20(24)22-10-9-13-5-3-4-6-17(13)21/h3-8,11-12H,2,9-10H2,1H3,(H,22,24). The first-order valence-electron chi connectivity index (χ1n) is 8.31. The molecule has 1 heterocycles. The molecule has 0 atom stereocenters. The summed E-state index contributed by atoms with van der Waals surface area (Å²) in [6.07, 6.45) is 0.353. The molecule has 6 heteroatoms. The second-order valence-corrected chi connectivity index (χ2v) is 5.67. The van der Waals surface area contributed by atoms with Crippen LogP contribution < -0.4 is 15.7 Å². The summed E-state index contributed by atoms with van der Waals surface area (Å²) in [5.41, 5.74) is 0.396. The van der Waals surface area contributed by atoms with Crippen LogP contribution in [0.4, 0.5) is 4.39 Å². The van der Waals surface area contributed by atoms with E-state index in [-0.39, 0.29) is 23.5 Å². The third-order valence-electron chi connectivity index (χ3n) is 3.91. The molecule has 3 aromatic rings. The quantitative estimate of drug-likeness (QED) is 0.689. The van der Waals surface area contributed by atoms with Gasteiger partial charge in [-0.05, 0) is 37.1 Å². The maximum Gasteiger partial charge on any atom is 0.337 e. The van der Waals surface area contributed by atoms with Gasteiger partial charge in [-0.3, -0.25) is 4.79 Å². The third kappa shape index (κ3) is 3.91. The molecule has 0 spiro atoms. The van der Waals surface area contributed by atoms with Crippen molar-refractivity contribution in [2.75, 3.05) is 13.2 Å². The molecular formula is C20H18FNO4. The van der Waals surface area contributed by atoms with Gasteiger partial charge in [-0.15, -0.1) is 0 Å². The predicted octanol–water partition coefficient (Wildman–Crippen LogP) is 3.30. The lowest BCUT2D eigenvalue weighted by Gasteiger charge is -2.09. The highest BCUT2D eigenvalue weighted by Crippen LogP contribution is 2.22. The lowest BCUT2D eigenvalue weighted by atomic mass is 10.1. The van der Waals surface area contributed by atoms with Crippen LogP contribution in [0.25, 0.3) is 11.0 Å². The Kier molecular flexibility index (Phi) is 5.31. The lowest BCUT2D eigenvalue weighted by molar-refractivity contribution is 0.0955. The summed E-state index contributed by atoms with van der Waals surface area (Å²) in [6.45, 7) is 2.57. The summed E-state index contributed by atoms with van der Waals surface area (Å²) in [7, 11) is 0. The maximum absolute atomic E-state index is 13.6. The van der Waals surface area contributed by atoms with Gasteiger partial charge in [0.1, 0.15) is 17.1 Å². The van der Waals surface area contributed by atoms with Crippen LogP contribution in [0.5, 0.6) is 5.75 Å². The van der Waals surface area contributed by atoms with Crippen LogP contribution in [-0.2, 0) is 6.42 Å². The van der Waals surface area contributed by atoms with E-state index in [1.165, 1.54) is 6.07 Å². The minimum atomic E-state index is -0.620. The van der Waals surface area contributed by atoms with Crippen LogP contribution in [0, 0.1) is 5.82 Å². The van der Waals surface area contributed by atoms with Gasteiger partial charge >= 0.3 is 5.63 Å². The summed E-state index contributed by atoms with van der Waals surface area (Å²) in [5, 5.41) is 3.23. The summed E-state index contributed by atoms with van der Waals surface area (Å²) < 4.78 is 24.2. The van der Waals surface area contributed by atoms with Crippen molar-refractivity contribution >= 4 is 16.9 Å². The van der Waals surface area contributed by atoms with E-state index in [1.54, 1.807) is 36.4 Å². The van der Waals surface area contributed by atoms with Crippen molar-refractivity contribution in [1.29, 1.82) is 0 Å². The maximum atomic E-state index is 13.6. The lowest BCUT2D eigenvalue weighted by Crippen LogP contribution is -2.27. The second-order valence-electron chi connectivity index (χ2n) is 5.67. The highest BCUT2D eigenvalue weighted by molar-refractivity contribution is 6.05. The molecule has 5 nitrogen and oxygen atoms in total. The Labute approximate surface area is 149 Å². The van der Waals surface area contributed by atoms with Crippen molar-refractivity contribution in [2.24, 2.45) is 0 Å². The number of rotatable bonds is 6. The molecule has 0 aliphatic rings. The molecule has 0 saturated heterocycles. The van der Waals surface area contributed by atoms with Gasteiger partial charge in [0.15, 0.2) is 0 Å². The Morgan fingerprint density at radius 1 is 1.19 bits per heavy atom. The number of hydrogen-bond acceptors (Lipinski definition) is 4. The Hall–Kier alpha value is -3.15. The van der Waals surface area contributed by atoms with Crippen molar-refractivity contribution < 1.29 is 18.3 Å². The molecule has 0 radical (unpaired) electrons. The van der Waals surface area contributed by atoms with E-state index < -0.39 is 11.5 Å². The number of nitrogens with one attached hydrogen (secondary N) is 1. The zero-order valence-corrected chi connectivity index (χ0v) is 14.3. The van der Waals surface area contributed by atoms with E-state index in [0.717, 1.165) is 6.07 Å². The normalized spacial score (nSPS) is 10.7. The van der Waals surface area contributed by atoms with Gasteiger partial charge in [-0.1, -0.05) is 18.2 Å². The highest BCUT2D eigenvalue weighted by Gasteiger charge is 2.14. The minimum absolute atomic E-state index is 0.216. The molecule has 26 heavy (non-hydrogen) atoms. The van der Waals surface area contributed by atoms with Gasteiger partial charge < -0.3 is 14.5 Å². The second kappa shape index (κ2) is 7.82. The summed E-state index contributed by atoms with van der Waals surface area (Å²) in [5.74, 6) is -0.167. The third-order valence-corrected chi connectivity index (χ3v) is 3.91. The number of benzene rings is 2. The van der Waals surface area contributed by atoms with E-state index in [9.17, 15) is 14.0 Å². The van der Waals surface area contributed by atoms with E-state index in [0.29, 0.717) is 29.7 Å². The van der Waals surface area contributed by atoms with Gasteiger partial charge in [0, 0.05) is 24.1 Å². The molecule has 0 saturated carbocycles. The van der Waals surface area contributed by atoms with E-state index in [1.807, 2.05) is 6.92 Å². The molecule has 134 valence electrons. The topological polar surface area (TPSA) is 68.5 Å². The molecular weight excluding hydrogens is 337 g/mol. The number of amides is 1. The number of carbonyl (C=O) groups is 1. The van der Waals surface area contributed by atoms with Crippen LogP contribution in [0.15, 0.2) is 57.7 Å². The number of fused-ring (bicyclic) bond motifs is 1. The van der Waals surface area contributed by atoms with Crippen molar-refractivity contribution in [3.63, 3.8) is 0 Å². The first-order chi connectivity index (χ1) is 12.6. The Morgan fingerprint density at radius 2 is 2.00 bits per heavy atom. The molecule has 0 unspecified atom stereocenters. The largest absolute Gasteiger partial charge is 0.494 e. The fourth-order valence-electron chi connectivity index (χ4n) is 2.69. The molecule has 1 N–H and O–H groups in total. The van der Waals surface area contributed by atoms with E-state index in [4.69, 9.17) is 9.15 Å². The van der Waals surface area contributed by atoms with Crippen molar-refractivity contribution in [3.8, 4) is 5.75 Å². The van der Waals surface area contributed by atoms with E-state index >= 15 is 0 Å². The van der Waals surface area contributed by atoms with Gasteiger partial charge in [-0.2, -0.15) is 0 Å². The fourth-order valence-corrected chi connectivity index (χ4v) is 2.69. The van der Waals surface area contributed by atoms with Crippen LogP contribution in [-0.4, -0.2) is 19.1 Å². The molecule has 0 fully saturated rings. The Bertz CT molecular complexity index is 997. The first kappa shape index (κ1) is 17.7. The molecule has 0 aliphatic heterocycles. The molecule has 3 rings (SSSR count). The van der Waals surface area contributed by atoms with Crippen molar-refractivity contribution in [2.45, 2.75) is 13.3 Å². The predicted molar refractivity (Wildman–Crippen MR) is 96.1 cm³/mol. The zero-order chi connectivity index (χ0) is 18.5. The Balaban J connectivity index is 1.79. The summed E-state index contributed by atoms with van der Waals surface area (Å²) in [4.78, 5) is 24.3. The van der Waals surface area contributed by atoms with Crippen LogP contribution >= 0.6 is 0 Å². The number of ether oxygens (including phenoxy) is 1. The highest BCUT2D eigenvalue weighted by atomic mass is 19.1. The molecule has 1 aromatic heterocycles. The van der Waals surface area contributed by atoms with E-state index in [2.05, 4.69) is 5.32 Å². The average molecular weight is 355 g/mol. The van der Waals surface area contributed by atoms with Crippen molar-refractivity contribution in [1.82, 2.24) is 5.32 Å². The molecule has 0 aliphatic carbocycles. The summed E-state index contributed by atoms with van der Waals surface area (Å²) >= 11 is 0. The molecule has 1 amide bonds.